The molecule has 0 aliphatic carbocycles. The van der Waals surface area contributed by atoms with E-state index in [1.165, 1.54) is 37.1 Å². The number of carbonyl (C=O) groups is 1. The normalized spacial score (nSPS) is 17.1. The minimum atomic E-state index is 0.00911. The lowest BCUT2D eigenvalue weighted by atomic mass is 9.99. The number of piperidine rings is 1. The predicted octanol–water partition coefficient (Wildman–Crippen LogP) is 4.68. The first kappa shape index (κ1) is 21.4. The fraction of sp³-hybridized carbons (Fsp3) is 0.480. The molecule has 1 fully saturated rings. The van der Waals surface area contributed by atoms with Crippen molar-refractivity contribution in [2.75, 3.05) is 26.2 Å². The zero-order valence-electron chi connectivity index (χ0n) is 17.8. The second-order valence-corrected chi connectivity index (χ2v) is 8.12. The molecule has 1 saturated heterocycles. The first-order valence-electron chi connectivity index (χ1n) is 10.9. The fourth-order valence-corrected chi connectivity index (χ4v) is 3.97. The van der Waals surface area contributed by atoms with Gasteiger partial charge in [-0.25, -0.2) is 0 Å². The quantitative estimate of drug-likeness (QED) is 0.628. The number of benzene rings is 2. The van der Waals surface area contributed by atoms with Crippen molar-refractivity contribution < 1.29 is 9.53 Å². The van der Waals surface area contributed by atoms with E-state index < -0.39 is 0 Å². The summed E-state index contributed by atoms with van der Waals surface area (Å²) in [5.74, 6) is 1.70. The molecule has 0 saturated carbocycles. The van der Waals surface area contributed by atoms with E-state index in [0.717, 1.165) is 36.6 Å². The molecule has 3 rings (SSSR count). The highest BCUT2D eigenvalue weighted by molar-refractivity contribution is 5.94. The molecule has 156 valence electrons. The average Bonchev–Trinajstić information content (AvgIpc) is 2.73. The third-order valence-corrected chi connectivity index (χ3v) is 5.53. The van der Waals surface area contributed by atoms with Crippen LogP contribution in [0.4, 0.5) is 0 Å². The van der Waals surface area contributed by atoms with Gasteiger partial charge in [0.15, 0.2) is 0 Å². The van der Waals surface area contributed by atoms with Crippen LogP contribution >= 0.6 is 0 Å². The Labute approximate surface area is 175 Å². The molecule has 0 aromatic heterocycles. The number of nitrogens with one attached hydrogen (secondary N) is 1. The van der Waals surface area contributed by atoms with Gasteiger partial charge in [0.2, 0.25) is 0 Å². The van der Waals surface area contributed by atoms with Gasteiger partial charge in [-0.1, -0.05) is 31.2 Å². The Hall–Kier alpha value is -2.33. The van der Waals surface area contributed by atoms with Gasteiger partial charge in [0, 0.05) is 25.2 Å². The summed E-state index contributed by atoms with van der Waals surface area (Å²) in [5, 5.41) is 3.03. The zero-order chi connectivity index (χ0) is 20.5. The summed E-state index contributed by atoms with van der Waals surface area (Å²) >= 11 is 0. The number of hydrogen-bond donors (Lipinski definition) is 1. The second-order valence-electron chi connectivity index (χ2n) is 8.12. The van der Waals surface area contributed by atoms with Crippen LogP contribution in [0.3, 0.4) is 0 Å². The Balaban J connectivity index is 1.39. The summed E-state index contributed by atoms with van der Waals surface area (Å²) in [6.07, 6.45) is 4.50. The number of rotatable bonds is 9. The summed E-state index contributed by atoms with van der Waals surface area (Å²) in [6, 6.07) is 16.3. The highest BCUT2D eigenvalue weighted by atomic mass is 16.5. The van der Waals surface area contributed by atoms with Gasteiger partial charge < -0.3 is 10.1 Å². The van der Waals surface area contributed by atoms with Gasteiger partial charge in [-0.2, -0.15) is 0 Å². The number of hydrogen-bond acceptors (Lipinski definition) is 3. The van der Waals surface area contributed by atoms with Crippen molar-refractivity contribution >= 4 is 5.91 Å². The summed E-state index contributed by atoms with van der Waals surface area (Å²) in [7, 11) is 0. The highest BCUT2D eigenvalue weighted by Crippen LogP contribution is 2.18. The summed E-state index contributed by atoms with van der Waals surface area (Å²) in [5.41, 5.74) is 3.28. The fourth-order valence-electron chi connectivity index (χ4n) is 3.97. The second kappa shape index (κ2) is 11.0. The number of ether oxygens (including phenoxy) is 1. The Morgan fingerprint density at radius 1 is 1.10 bits per heavy atom. The standard InChI is InChI=1S/C25H34N2O2/c1-3-29-24-14-10-21(11-15-24)7-4-16-26-25(28)23-12-8-22(9-13-23)19-27-17-5-6-20(2)18-27/h8-15,20H,3-7,16-19H2,1-2H3,(H,26,28)/t20-/m1/s1. The van der Waals surface area contributed by atoms with Crippen molar-refractivity contribution in [3.8, 4) is 5.75 Å². The van der Waals surface area contributed by atoms with Gasteiger partial charge in [-0.05, 0) is 80.5 Å². The van der Waals surface area contributed by atoms with Gasteiger partial charge in [-0.15, -0.1) is 0 Å². The van der Waals surface area contributed by atoms with Gasteiger partial charge >= 0.3 is 0 Å². The predicted molar refractivity (Wildman–Crippen MR) is 118 cm³/mol. The molecule has 2 aromatic rings. The van der Waals surface area contributed by atoms with Gasteiger partial charge in [0.05, 0.1) is 6.61 Å². The maximum Gasteiger partial charge on any atom is 0.251 e. The number of aryl methyl sites for hydroxylation is 1. The molecule has 1 heterocycles. The number of likely N-dealkylation sites (tertiary alicyclic amines) is 1. The summed E-state index contributed by atoms with van der Waals surface area (Å²) < 4.78 is 5.46. The van der Waals surface area contributed by atoms with Crippen LogP contribution in [-0.2, 0) is 13.0 Å². The van der Waals surface area contributed by atoms with E-state index in [2.05, 4.69) is 41.4 Å². The lowest BCUT2D eigenvalue weighted by molar-refractivity contribution is 0.0953. The SMILES string of the molecule is CCOc1ccc(CCCNC(=O)c2ccc(CN3CCC[C@@H](C)C3)cc2)cc1. The lowest BCUT2D eigenvalue weighted by Crippen LogP contribution is -2.33. The third kappa shape index (κ3) is 6.90. The zero-order valence-corrected chi connectivity index (χ0v) is 17.8. The Morgan fingerprint density at radius 2 is 1.83 bits per heavy atom. The van der Waals surface area contributed by atoms with E-state index in [-0.39, 0.29) is 5.91 Å². The first-order valence-corrected chi connectivity index (χ1v) is 10.9. The molecule has 0 spiro atoms. The Morgan fingerprint density at radius 3 is 2.52 bits per heavy atom. The average molecular weight is 395 g/mol. The largest absolute Gasteiger partial charge is 0.494 e. The topological polar surface area (TPSA) is 41.6 Å². The molecule has 4 heteroatoms. The first-order chi connectivity index (χ1) is 14.1. The van der Waals surface area contributed by atoms with Crippen LogP contribution in [0.2, 0.25) is 0 Å². The van der Waals surface area contributed by atoms with Gasteiger partial charge in [-0.3, -0.25) is 9.69 Å². The molecule has 2 aromatic carbocycles. The van der Waals surface area contributed by atoms with Crippen LogP contribution in [0.25, 0.3) is 0 Å². The van der Waals surface area contributed by atoms with Crippen LogP contribution in [-0.4, -0.2) is 37.0 Å². The van der Waals surface area contributed by atoms with Crippen LogP contribution in [0, 0.1) is 5.92 Å². The number of carbonyl (C=O) groups excluding carboxylic acids is 1. The van der Waals surface area contributed by atoms with Crippen molar-refractivity contribution in [3.63, 3.8) is 0 Å². The molecule has 0 radical (unpaired) electrons. The monoisotopic (exact) mass is 394 g/mol. The molecular formula is C25H34N2O2. The smallest absolute Gasteiger partial charge is 0.251 e. The van der Waals surface area contributed by atoms with Gasteiger partial charge in [0.25, 0.3) is 5.91 Å². The van der Waals surface area contributed by atoms with Crippen LogP contribution in [0.1, 0.15) is 54.6 Å². The maximum absolute atomic E-state index is 12.4. The molecule has 0 unspecified atom stereocenters. The van der Waals surface area contributed by atoms with Crippen molar-refractivity contribution in [1.29, 1.82) is 0 Å². The van der Waals surface area contributed by atoms with E-state index >= 15 is 0 Å². The minimum absolute atomic E-state index is 0.00911. The summed E-state index contributed by atoms with van der Waals surface area (Å²) in [4.78, 5) is 14.9. The van der Waals surface area contributed by atoms with Crippen LogP contribution in [0.15, 0.2) is 48.5 Å². The number of amides is 1. The van der Waals surface area contributed by atoms with Crippen molar-refractivity contribution in [2.45, 2.75) is 46.1 Å². The highest BCUT2D eigenvalue weighted by Gasteiger charge is 2.16. The maximum atomic E-state index is 12.4. The van der Waals surface area contributed by atoms with Crippen LogP contribution < -0.4 is 10.1 Å². The van der Waals surface area contributed by atoms with E-state index in [1.54, 1.807) is 0 Å². The Bertz CT molecular complexity index is 755. The molecule has 1 atom stereocenters. The molecule has 1 aliphatic rings. The van der Waals surface area contributed by atoms with Crippen molar-refractivity contribution in [3.05, 3.63) is 65.2 Å². The molecule has 29 heavy (non-hydrogen) atoms. The van der Waals surface area contributed by atoms with E-state index in [4.69, 9.17) is 4.74 Å². The number of nitrogens with zero attached hydrogens (tertiary/aromatic N) is 1. The molecule has 4 nitrogen and oxygen atoms in total. The van der Waals surface area contributed by atoms with E-state index in [0.29, 0.717) is 13.2 Å². The molecular weight excluding hydrogens is 360 g/mol. The van der Waals surface area contributed by atoms with Crippen molar-refractivity contribution in [1.82, 2.24) is 10.2 Å². The lowest BCUT2D eigenvalue weighted by Gasteiger charge is -2.30. The van der Waals surface area contributed by atoms with E-state index in [1.807, 2.05) is 31.2 Å². The van der Waals surface area contributed by atoms with Crippen LogP contribution in [0.5, 0.6) is 5.75 Å². The molecule has 1 amide bonds. The third-order valence-electron chi connectivity index (χ3n) is 5.53. The van der Waals surface area contributed by atoms with Gasteiger partial charge in [0.1, 0.15) is 5.75 Å². The molecule has 1 aliphatic heterocycles. The minimum Gasteiger partial charge on any atom is -0.494 e. The molecule has 0 bridgehead atoms. The Kier molecular flexibility index (Phi) is 8.12. The van der Waals surface area contributed by atoms with E-state index in [9.17, 15) is 4.79 Å². The summed E-state index contributed by atoms with van der Waals surface area (Å²) in [6.45, 7) is 9.02. The molecule has 1 N–H and O–H groups in total. The van der Waals surface area contributed by atoms with Crippen molar-refractivity contribution in [2.24, 2.45) is 5.92 Å².